The van der Waals surface area contributed by atoms with Crippen LogP contribution in [-0.2, 0) is 111 Å². The maximum atomic E-state index is 12.7. The van der Waals surface area contributed by atoms with Crippen LogP contribution >= 0.6 is 39.1 Å². The van der Waals surface area contributed by atoms with Gasteiger partial charge in [-0.15, -0.1) is 0 Å². The molecule has 6 aliphatic rings. The van der Waals surface area contributed by atoms with Gasteiger partial charge in [0.2, 0.25) is 0 Å². The summed E-state index contributed by atoms with van der Waals surface area (Å²) in [5.41, 5.74) is 3.53. The molecule has 0 amide bonds. The highest BCUT2D eigenvalue weighted by molar-refractivity contribution is 14.2. The third-order valence-corrected chi connectivity index (χ3v) is 17.5. The summed E-state index contributed by atoms with van der Waals surface area (Å²) in [7, 11) is 0. The molecule has 0 bridgehead atoms. The van der Waals surface area contributed by atoms with E-state index < -0.39 is 127 Å². The van der Waals surface area contributed by atoms with Gasteiger partial charge >= 0.3 is 5.97 Å². The predicted octanol–water partition coefficient (Wildman–Crippen LogP) is 10.2. The molecule has 0 aliphatic carbocycles. The smallest absolute Gasteiger partial charge is 0.303 e. The summed E-state index contributed by atoms with van der Waals surface area (Å²) in [6.45, 7) is 9.76. The molecule has 6 heterocycles. The van der Waals surface area contributed by atoms with E-state index in [1.807, 2.05) is 194 Å². The molecule has 6 fully saturated rings. The summed E-state index contributed by atoms with van der Waals surface area (Å²) >= 11 is 2.95. The molecule has 21 heteroatoms. The molecule has 0 aromatic heterocycles. The van der Waals surface area contributed by atoms with E-state index >= 15 is 0 Å². The number of hydrogen-bond acceptors (Lipinski definition) is 19. The number of halogens is 1. The van der Waals surface area contributed by atoms with E-state index in [-0.39, 0.29) is 39.6 Å². The van der Waals surface area contributed by atoms with Crippen LogP contribution in [0.3, 0.4) is 0 Å². The zero-order valence-corrected chi connectivity index (χ0v) is 50.6. The average Bonchev–Trinajstić information content (AvgIpc) is 1.88. The monoisotopic (exact) mass is 1300 g/mol. The molecule has 83 heavy (non-hydrogen) atoms. The van der Waals surface area contributed by atoms with Crippen molar-refractivity contribution in [2.24, 2.45) is 0 Å². The Hall–Kier alpha value is -3.56. The maximum absolute atomic E-state index is 12.7. The number of hydrogen-bond donors (Lipinski definition) is 0. The highest BCUT2D eigenvalue weighted by Gasteiger charge is 2.63. The first-order valence-electron chi connectivity index (χ1n) is 28.5. The summed E-state index contributed by atoms with van der Waals surface area (Å²) in [6, 6.07) is 49.1. The van der Waals surface area contributed by atoms with Crippen LogP contribution in [0.5, 0.6) is 0 Å². The van der Waals surface area contributed by atoms with Crippen LogP contribution in [-0.4, -0.2) is 137 Å². The molecule has 8 unspecified atom stereocenters. The average molecular weight is 1300 g/mol. The van der Waals surface area contributed by atoms with Crippen LogP contribution in [0.1, 0.15) is 68.7 Å². The molecule has 5 aromatic carbocycles. The predicted molar refractivity (Wildman–Crippen MR) is 312 cm³/mol. The SMILES string of the molecule is [3H]P(I)SO[C@@H]1O[C@H](C)[C@H](OC(C)=O)C(OCc2ccccc2)C1O[C@@H]1O[C@H](C)[C@H](O[C@@H]2OC[C@@H](OCc3ccccc3)C(O[C@@H]3OC[C@]4(COCc5ccccc5)O[C@@H](c5ccccc5)OC34)C2OCc2ccccc2)C2OC(C)(C)OC21. The van der Waals surface area contributed by atoms with Gasteiger partial charge in [-0.1, -0.05) is 152 Å². The highest BCUT2D eigenvalue weighted by Crippen LogP contribution is 2.48. The minimum absolute atomic E-state index is 0.0236. The minimum atomic E-state index is -1.38. The zero-order valence-electron chi connectivity index (χ0n) is 47.8. The van der Waals surface area contributed by atoms with Gasteiger partial charge in [-0.3, -0.25) is 8.98 Å². The van der Waals surface area contributed by atoms with Crippen LogP contribution in [0.15, 0.2) is 152 Å². The van der Waals surface area contributed by atoms with Crippen LogP contribution in [0.4, 0.5) is 0 Å². The lowest BCUT2D eigenvalue weighted by molar-refractivity contribution is -0.369. The molecule has 0 radical (unpaired) electrons. The molecule has 6 aliphatic heterocycles. The van der Waals surface area contributed by atoms with E-state index in [1.165, 1.54) is 6.92 Å². The zero-order chi connectivity index (χ0) is 58.2. The Labute approximate surface area is 504 Å². The normalized spacial score (nSPS) is 35.3. The van der Waals surface area contributed by atoms with Crippen molar-refractivity contribution in [3.63, 3.8) is 0 Å². The third-order valence-electron chi connectivity index (χ3n) is 15.3. The molecular weight excluding hydrogens is 1220 g/mol. The van der Waals surface area contributed by atoms with Crippen molar-refractivity contribution in [3.05, 3.63) is 179 Å². The van der Waals surface area contributed by atoms with E-state index in [1.54, 1.807) is 6.92 Å². The number of ether oxygens (including phenoxy) is 16. The fourth-order valence-electron chi connectivity index (χ4n) is 11.4. The Morgan fingerprint density at radius 3 is 1.73 bits per heavy atom. The topological polar surface area (TPSA) is 174 Å². The standard InChI is InChI=1S/C62H72IO18PS/c1-38-47(73-40(3)64)50(67-33-43-25-15-8-16-26-43)53(59(72-38)81-83-82-63)76-58-54-51(78-61(4,5)79-54)48(39(2)71-58)74-57-52(68-34-44-27-17-9-18-28-44)49(46(35-69-57)66-32-42-23-13-7-14-24-42)75-60-55-62(37-70-60,36-65-31-41-21-11-6-12-22-41)80-56(77-55)45-29-19-10-20-30-45/h6-30,38-39,46-60,82H,31-37H2,1-5H3/t38-,39-,46-,47+,48+,49?,50?,51?,52?,53?,54?,55?,56+,57+,58+,59+,60+,62+,82?/m1/s1/i82T. The third kappa shape index (κ3) is 15.1. The van der Waals surface area contributed by atoms with E-state index in [2.05, 4.69) is 0 Å². The molecule has 11 rings (SSSR count). The molecule has 0 N–H and O–H groups in total. The quantitative estimate of drug-likeness (QED) is 0.0247. The van der Waals surface area contributed by atoms with Gasteiger partial charge in [0.1, 0.15) is 60.5 Å². The van der Waals surface area contributed by atoms with Crippen LogP contribution in [0.25, 0.3) is 0 Å². The number of fused-ring (bicyclic) bond motifs is 2. The molecule has 446 valence electrons. The van der Waals surface area contributed by atoms with E-state index in [0.717, 1.165) is 39.5 Å². The first-order chi connectivity index (χ1) is 40.8. The molecular formula is C62H72IO18PS. The lowest BCUT2D eigenvalue weighted by Crippen LogP contribution is -2.65. The number of carbonyl (C=O) groups is 1. The molecule has 5 aromatic rings. The van der Waals surface area contributed by atoms with Crippen LogP contribution in [0.2, 0.25) is 0 Å². The van der Waals surface area contributed by atoms with Gasteiger partial charge in [0, 0.05) is 29.5 Å². The second kappa shape index (κ2) is 28.5. The van der Waals surface area contributed by atoms with Crippen molar-refractivity contribution < 1.29 is 84.8 Å². The van der Waals surface area contributed by atoms with Crippen molar-refractivity contribution in [1.29, 1.82) is 1.28 Å². The van der Waals surface area contributed by atoms with E-state index in [9.17, 15) is 4.79 Å². The van der Waals surface area contributed by atoms with E-state index in [4.69, 9.17) is 81.3 Å². The van der Waals surface area contributed by atoms with Gasteiger partial charge < -0.3 is 75.8 Å². The number of esters is 1. The summed E-state index contributed by atoms with van der Waals surface area (Å²) in [6.07, 6.45) is -15.5. The Balaban J connectivity index is 0.888. The summed E-state index contributed by atoms with van der Waals surface area (Å²) in [5, 5.41) is -1.38. The van der Waals surface area contributed by atoms with Crippen molar-refractivity contribution >= 4 is 45.0 Å². The Morgan fingerprint density at radius 1 is 0.590 bits per heavy atom. The van der Waals surface area contributed by atoms with Crippen molar-refractivity contribution in [1.82, 2.24) is 0 Å². The van der Waals surface area contributed by atoms with Crippen LogP contribution < -0.4 is 0 Å². The number of benzene rings is 5. The van der Waals surface area contributed by atoms with Crippen molar-refractivity contribution in [3.8, 4) is 0 Å². The van der Waals surface area contributed by atoms with Crippen molar-refractivity contribution in [2.75, 3.05) is 19.8 Å². The van der Waals surface area contributed by atoms with Gasteiger partial charge in [0.05, 0.1) is 59.7 Å². The lowest BCUT2D eigenvalue weighted by atomic mass is 9.97. The van der Waals surface area contributed by atoms with Gasteiger partial charge in [-0.25, -0.2) is 0 Å². The second-order valence-corrected chi connectivity index (χ2v) is 26.7. The Bertz CT molecular complexity index is 2830. The van der Waals surface area contributed by atoms with Crippen LogP contribution in [0, 0.1) is 0 Å². The van der Waals surface area contributed by atoms with E-state index in [0.29, 0.717) is 6.61 Å². The Kier molecular flexibility index (Phi) is 20.5. The Morgan fingerprint density at radius 2 is 1.12 bits per heavy atom. The summed E-state index contributed by atoms with van der Waals surface area (Å²) in [5.74, 6) is -1.68. The molecule has 0 spiro atoms. The summed E-state index contributed by atoms with van der Waals surface area (Å²) in [4.78, 5) is 12.7. The fraction of sp³-hybridized carbons (Fsp3) is 0.500. The molecule has 18 nitrogen and oxygen atoms in total. The summed E-state index contributed by atoms with van der Waals surface area (Å²) < 4.78 is 123. The van der Waals surface area contributed by atoms with Gasteiger partial charge in [-0.2, -0.15) is 0 Å². The second-order valence-electron chi connectivity index (χ2n) is 21.8. The van der Waals surface area contributed by atoms with Gasteiger partial charge in [0.15, 0.2) is 43.3 Å². The number of rotatable bonds is 24. The molecule has 6 saturated heterocycles. The largest absolute Gasteiger partial charge is 0.457 e. The van der Waals surface area contributed by atoms with Crippen molar-refractivity contribution in [2.45, 2.75) is 177 Å². The molecule has 0 saturated carbocycles. The lowest BCUT2D eigenvalue weighted by Gasteiger charge is -2.48. The molecule has 19 atom stereocenters. The van der Waals surface area contributed by atoms with Gasteiger partial charge in [-0.05, 0) is 72.0 Å². The highest BCUT2D eigenvalue weighted by atomic mass is 127. The van der Waals surface area contributed by atoms with Gasteiger partial charge in [0.25, 0.3) is 0 Å². The maximum Gasteiger partial charge on any atom is 0.303 e. The first kappa shape index (κ1) is 59.8. The fourth-order valence-corrected chi connectivity index (χ4v) is 12.8. The first-order valence-corrected chi connectivity index (χ1v) is 33.1. The minimum Gasteiger partial charge on any atom is -0.457 e. The number of carbonyl (C=O) groups excluding carboxylic acids is 1.